The van der Waals surface area contributed by atoms with Crippen LogP contribution in [0.3, 0.4) is 0 Å². The smallest absolute Gasteiger partial charge is 0.191 e. The molecule has 1 unspecified atom stereocenters. The predicted octanol–water partition coefficient (Wildman–Crippen LogP) is 1.16. The first-order chi connectivity index (χ1) is 8.86. The molecule has 2 fully saturated rings. The molecule has 0 aromatic rings. The summed E-state index contributed by atoms with van der Waals surface area (Å²) < 4.78 is 11.0. The minimum Gasteiger partial charge on any atom is -0.377 e. The number of nitrogens with two attached hydrogens (primary N) is 1. The van der Waals surface area contributed by atoms with Gasteiger partial charge in [0.25, 0.3) is 0 Å². The Morgan fingerprint density at radius 1 is 1.42 bits per heavy atom. The Bertz CT molecular complexity index is 270. The number of aliphatic imine (C=N–C) groups is 1. The van der Waals surface area contributed by atoms with E-state index in [0.29, 0.717) is 31.8 Å². The number of halogens is 1. The Morgan fingerprint density at radius 2 is 2.21 bits per heavy atom. The Balaban J connectivity index is 0.00000180. The molecule has 5 nitrogen and oxygen atoms in total. The Kier molecular flexibility index (Phi) is 9.17. The van der Waals surface area contributed by atoms with Crippen molar-refractivity contribution in [2.45, 2.75) is 18.9 Å². The Hall–Kier alpha value is 0.270. The van der Waals surface area contributed by atoms with E-state index in [-0.39, 0.29) is 24.0 Å². The van der Waals surface area contributed by atoms with Crippen LogP contribution in [0.15, 0.2) is 4.99 Å². The van der Waals surface area contributed by atoms with E-state index in [9.17, 15) is 0 Å². The highest BCUT2D eigenvalue weighted by Gasteiger charge is 2.15. The molecule has 2 aliphatic rings. The minimum atomic E-state index is 0. The number of thioether (sulfide) groups is 1. The van der Waals surface area contributed by atoms with E-state index < -0.39 is 0 Å². The lowest BCUT2D eigenvalue weighted by Crippen LogP contribution is -2.42. The number of hydrogen-bond acceptors (Lipinski definition) is 4. The zero-order valence-corrected chi connectivity index (χ0v) is 14.4. The lowest BCUT2D eigenvalue weighted by Gasteiger charge is -2.27. The van der Waals surface area contributed by atoms with Gasteiger partial charge in [-0.2, -0.15) is 11.8 Å². The molecular weight excluding hydrogens is 377 g/mol. The van der Waals surface area contributed by atoms with Crippen LogP contribution in [0.5, 0.6) is 0 Å². The monoisotopic (exact) mass is 401 g/mol. The molecule has 2 saturated heterocycles. The zero-order valence-electron chi connectivity index (χ0n) is 11.3. The molecule has 0 spiro atoms. The lowest BCUT2D eigenvalue weighted by atomic mass is 10.2. The lowest BCUT2D eigenvalue weighted by molar-refractivity contribution is 0.0199. The van der Waals surface area contributed by atoms with Gasteiger partial charge in [-0.05, 0) is 12.8 Å². The molecule has 0 radical (unpaired) electrons. The van der Waals surface area contributed by atoms with Crippen molar-refractivity contribution in [3.63, 3.8) is 0 Å². The fourth-order valence-electron chi connectivity index (χ4n) is 2.11. The summed E-state index contributed by atoms with van der Waals surface area (Å²) in [5.74, 6) is 2.95. The van der Waals surface area contributed by atoms with Crippen LogP contribution in [-0.4, -0.2) is 67.9 Å². The average molecular weight is 401 g/mol. The predicted molar refractivity (Wildman–Crippen MR) is 90.6 cm³/mol. The first-order valence-electron chi connectivity index (χ1n) is 6.68. The molecule has 2 aliphatic heterocycles. The molecule has 0 saturated carbocycles. The fourth-order valence-corrected chi connectivity index (χ4v) is 3.01. The summed E-state index contributed by atoms with van der Waals surface area (Å²) in [6.07, 6.45) is 2.58. The number of ether oxygens (including phenoxy) is 2. The molecular formula is C12H24IN3O2S. The van der Waals surface area contributed by atoms with Crippen molar-refractivity contribution >= 4 is 41.7 Å². The highest BCUT2D eigenvalue weighted by molar-refractivity contribution is 14.0. The largest absolute Gasteiger partial charge is 0.377 e. The number of rotatable bonds is 5. The van der Waals surface area contributed by atoms with Gasteiger partial charge >= 0.3 is 0 Å². The maximum Gasteiger partial charge on any atom is 0.191 e. The molecule has 0 aliphatic carbocycles. The van der Waals surface area contributed by atoms with Crippen molar-refractivity contribution in [1.82, 2.24) is 4.90 Å². The van der Waals surface area contributed by atoms with Gasteiger partial charge in [-0.3, -0.25) is 4.99 Å². The summed E-state index contributed by atoms with van der Waals surface area (Å²) in [4.78, 5) is 6.51. The van der Waals surface area contributed by atoms with Crippen molar-refractivity contribution in [3.8, 4) is 0 Å². The van der Waals surface area contributed by atoms with Gasteiger partial charge in [-0.25, -0.2) is 0 Å². The second-order valence-electron chi connectivity index (χ2n) is 4.55. The van der Waals surface area contributed by atoms with Crippen molar-refractivity contribution in [1.29, 1.82) is 0 Å². The van der Waals surface area contributed by atoms with E-state index >= 15 is 0 Å². The van der Waals surface area contributed by atoms with E-state index in [1.807, 2.05) is 11.8 Å². The van der Waals surface area contributed by atoms with Crippen LogP contribution in [-0.2, 0) is 9.47 Å². The SMILES string of the molecule is I.NC(=NCCOCC1CCCO1)N1CCSCC1. The molecule has 0 aromatic carbocycles. The quantitative estimate of drug-likeness (QED) is 0.324. The van der Waals surface area contributed by atoms with Gasteiger partial charge in [0.05, 0.1) is 25.9 Å². The van der Waals surface area contributed by atoms with Crippen molar-refractivity contribution in [2.75, 3.05) is 51.0 Å². The first-order valence-corrected chi connectivity index (χ1v) is 7.83. The van der Waals surface area contributed by atoms with E-state index in [1.54, 1.807) is 0 Å². The molecule has 7 heteroatoms. The minimum absolute atomic E-state index is 0. The van der Waals surface area contributed by atoms with E-state index in [4.69, 9.17) is 15.2 Å². The van der Waals surface area contributed by atoms with Crippen LogP contribution in [0.1, 0.15) is 12.8 Å². The van der Waals surface area contributed by atoms with Gasteiger partial charge in [-0.15, -0.1) is 24.0 Å². The van der Waals surface area contributed by atoms with Crippen LogP contribution in [0.4, 0.5) is 0 Å². The third kappa shape index (κ3) is 6.50. The maximum absolute atomic E-state index is 5.94. The van der Waals surface area contributed by atoms with Gasteiger partial charge in [0.2, 0.25) is 0 Å². The van der Waals surface area contributed by atoms with E-state index in [0.717, 1.165) is 44.0 Å². The van der Waals surface area contributed by atoms with Gasteiger partial charge in [-0.1, -0.05) is 0 Å². The average Bonchev–Trinajstić information content (AvgIpc) is 2.92. The molecule has 2 N–H and O–H groups in total. The Labute approximate surface area is 136 Å². The summed E-state index contributed by atoms with van der Waals surface area (Å²) in [6.45, 7) is 4.86. The normalized spacial score (nSPS) is 24.3. The van der Waals surface area contributed by atoms with Crippen molar-refractivity contribution < 1.29 is 9.47 Å². The molecule has 2 rings (SSSR count). The van der Waals surface area contributed by atoms with Gasteiger partial charge in [0, 0.05) is 31.2 Å². The molecule has 0 aromatic heterocycles. The summed E-state index contributed by atoms with van der Waals surface area (Å²) in [7, 11) is 0. The second-order valence-corrected chi connectivity index (χ2v) is 5.77. The number of nitrogens with zero attached hydrogens (tertiary/aromatic N) is 2. The molecule has 112 valence electrons. The number of hydrogen-bond donors (Lipinski definition) is 1. The topological polar surface area (TPSA) is 60.1 Å². The van der Waals surface area contributed by atoms with Gasteiger partial charge in [0.1, 0.15) is 0 Å². The standard InChI is InChI=1S/C12H23N3O2S.HI/c13-12(15-4-8-18-9-5-15)14-3-7-16-10-11-2-1-6-17-11;/h11H,1-10H2,(H2,13,14);1H. The van der Waals surface area contributed by atoms with Crippen molar-refractivity contribution in [3.05, 3.63) is 0 Å². The van der Waals surface area contributed by atoms with E-state index in [1.165, 1.54) is 0 Å². The first kappa shape index (κ1) is 17.3. The molecule has 0 bridgehead atoms. The van der Waals surface area contributed by atoms with Gasteiger partial charge < -0.3 is 20.1 Å². The highest BCUT2D eigenvalue weighted by atomic mass is 127. The fraction of sp³-hybridized carbons (Fsp3) is 0.917. The Morgan fingerprint density at radius 3 is 2.89 bits per heavy atom. The van der Waals surface area contributed by atoms with Crippen LogP contribution in [0.2, 0.25) is 0 Å². The zero-order chi connectivity index (χ0) is 12.6. The van der Waals surface area contributed by atoms with Crippen molar-refractivity contribution in [2.24, 2.45) is 10.7 Å². The van der Waals surface area contributed by atoms with Crippen LogP contribution < -0.4 is 5.73 Å². The van der Waals surface area contributed by atoms with E-state index in [2.05, 4.69) is 9.89 Å². The second kappa shape index (κ2) is 10.1. The van der Waals surface area contributed by atoms with Crippen LogP contribution >= 0.6 is 35.7 Å². The summed E-state index contributed by atoms with van der Waals surface area (Å²) in [6, 6.07) is 0. The third-order valence-corrected chi connectivity index (χ3v) is 4.11. The highest BCUT2D eigenvalue weighted by Crippen LogP contribution is 2.11. The summed E-state index contributed by atoms with van der Waals surface area (Å²) in [5, 5.41) is 0. The molecule has 0 amide bonds. The molecule has 2 heterocycles. The maximum atomic E-state index is 5.94. The number of guanidine groups is 1. The molecule has 19 heavy (non-hydrogen) atoms. The molecule has 1 atom stereocenters. The summed E-state index contributed by atoms with van der Waals surface area (Å²) in [5.41, 5.74) is 5.94. The third-order valence-electron chi connectivity index (χ3n) is 3.17. The van der Waals surface area contributed by atoms with Gasteiger partial charge in [0.15, 0.2) is 5.96 Å². The summed E-state index contributed by atoms with van der Waals surface area (Å²) >= 11 is 1.97. The van der Waals surface area contributed by atoms with Crippen LogP contribution in [0, 0.1) is 0 Å². The van der Waals surface area contributed by atoms with Crippen LogP contribution in [0.25, 0.3) is 0 Å².